The van der Waals surface area contributed by atoms with E-state index in [9.17, 15) is 30.4 Å². The summed E-state index contributed by atoms with van der Waals surface area (Å²) in [5, 5.41) is 41.6. The SMILES string of the molecule is COc1cc(/C(O)=C(\C#N)C(=O)N(C)c2cnccc2Cc2ccccc2)cc([N+](=O)[O-])c1O. The summed E-state index contributed by atoms with van der Waals surface area (Å²) < 4.78 is 4.91. The van der Waals surface area contributed by atoms with Crippen LogP contribution in [0.2, 0.25) is 0 Å². The van der Waals surface area contributed by atoms with Gasteiger partial charge in [0.2, 0.25) is 5.75 Å². The smallest absolute Gasteiger partial charge is 0.315 e. The number of aromatic hydroxyl groups is 1. The molecule has 0 aliphatic rings. The number of carbonyl (C=O) groups is 1. The van der Waals surface area contributed by atoms with Crippen molar-refractivity contribution >= 4 is 23.0 Å². The predicted octanol–water partition coefficient (Wildman–Crippen LogP) is 3.75. The lowest BCUT2D eigenvalue weighted by Gasteiger charge is -2.20. The Morgan fingerprint density at radius 3 is 2.59 bits per heavy atom. The van der Waals surface area contributed by atoms with Crippen molar-refractivity contribution in [1.29, 1.82) is 5.26 Å². The molecule has 0 saturated carbocycles. The normalized spacial score (nSPS) is 11.2. The molecular weight excluding hydrogens is 440 g/mol. The van der Waals surface area contributed by atoms with Gasteiger partial charge in [0.15, 0.2) is 11.3 Å². The summed E-state index contributed by atoms with van der Waals surface area (Å²) in [5.41, 5.74) is 0.533. The highest BCUT2D eigenvalue weighted by Crippen LogP contribution is 2.39. The average Bonchev–Trinajstić information content (AvgIpc) is 2.84. The molecule has 10 nitrogen and oxygen atoms in total. The number of amides is 1. The van der Waals surface area contributed by atoms with Crippen molar-refractivity contribution in [3.8, 4) is 17.6 Å². The van der Waals surface area contributed by atoms with Crippen LogP contribution in [0, 0.1) is 21.4 Å². The monoisotopic (exact) mass is 460 g/mol. The first-order chi connectivity index (χ1) is 16.3. The Morgan fingerprint density at radius 1 is 1.26 bits per heavy atom. The molecule has 172 valence electrons. The molecule has 1 aromatic heterocycles. The summed E-state index contributed by atoms with van der Waals surface area (Å²) in [7, 11) is 2.60. The van der Waals surface area contributed by atoms with Crippen LogP contribution in [0.15, 0.2) is 66.5 Å². The van der Waals surface area contributed by atoms with Crippen LogP contribution >= 0.6 is 0 Å². The number of pyridine rings is 1. The maximum absolute atomic E-state index is 13.2. The zero-order valence-corrected chi connectivity index (χ0v) is 18.3. The number of aliphatic hydroxyl groups excluding tert-OH is 1. The number of likely N-dealkylation sites (N-methyl/N-ethyl adjacent to an activating group) is 1. The zero-order valence-electron chi connectivity index (χ0n) is 18.3. The standard InChI is InChI=1S/C24H20N4O6/c1-27(20-14-26-9-8-16(20)10-15-6-4-3-5-7-15)24(31)18(13-25)22(29)17-11-19(28(32)33)23(30)21(12-17)34-2/h3-9,11-12,14,29-30H,10H2,1-2H3/b22-18-. The Morgan fingerprint density at radius 2 is 1.97 bits per heavy atom. The van der Waals surface area contributed by atoms with E-state index in [0.29, 0.717) is 12.1 Å². The van der Waals surface area contributed by atoms with E-state index in [1.54, 1.807) is 18.3 Å². The minimum Gasteiger partial charge on any atom is -0.506 e. The molecule has 1 heterocycles. The van der Waals surface area contributed by atoms with E-state index in [1.165, 1.54) is 25.3 Å². The molecule has 0 radical (unpaired) electrons. The molecule has 0 fully saturated rings. The van der Waals surface area contributed by atoms with Gasteiger partial charge in [-0.25, -0.2) is 0 Å². The number of rotatable bonds is 7. The Labute approximate surface area is 194 Å². The number of hydrogen-bond donors (Lipinski definition) is 2. The van der Waals surface area contributed by atoms with Crippen LogP contribution in [0.4, 0.5) is 11.4 Å². The van der Waals surface area contributed by atoms with Crippen LogP contribution in [0.5, 0.6) is 11.5 Å². The summed E-state index contributed by atoms with van der Waals surface area (Å²) in [5.74, 6) is -2.69. The van der Waals surface area contributed by atoms with Crippen molar-refractivity contribution < 1.29 is 24.7 Å². The second-order valence-corrected chi connectivity index (χ2v) is 7.17. The number of nitro benzene ring substituents is 1. The molecule has 0 aliphatic carbocycles. The van der Waals surface area contributed by atoms with E-state index in [0.717, 1.165) is 23.3 Å². The molecule has 0 atom stereocenters. The van der Waals surface area contributed by atoms with E-state index < -0.39 is 33.6 Å². The first-order valence-electron chi connectivity index (χ1n) is 9.92. The predicted molar refractivity (Wildman–Crippen MR) is 123 cm³/mol. The molecule has 0 bridgehead atoms. The van der Waals surface area contributed by atoms with Crippen molar-refractivity contribution in [2.24, 2.45) is 0 Å². The van der Waals surface area contributed by atoms with Crippen LogP contribution in [0.25, 0.3) is 5.76 Å². The number of aromatic nitrogens is 1. The van der Waals surface area contributed by atoms with Gasteiger partial charge < -0.3 is 19.8 Å². The van der Waals surface area contributed by atoms with E-state index in [1.807, 2.05) is 30.3 Å². The molecule has 0 unspecified atom stereocenters. The number of hydrogen-bond acceptors (Lipinski definition) is 8. The number of anilines is 1. The first-order valence-corrected chi connectivity index (χ1v) is 9.92. The molecule has 34 heavy (non-hydrogen) atoms. The number of phenols is 1. The van der Waals surface area contributed by atoms with Gasteiger partial charge in [-0.2, -0.15) is 5.26 Å². The van der Waals surface area contributed by atoms with Crippen LogP contribution in [-0.4, -0.2) is 40.2 Å². The minimum atomic E-state index is -0.875. The Kier molecular flexibility index (Phi) is 7.08. The van der Waals surface area contributed by atoms with Gasteiger partial charge in [0.05, 0.1) is 23.9 Å². The zero-order chi connectivity index (χ0) is 24.8. The topological polar surface area (TPSA) is 150 Å². The second kappa shape index (κ2) is 10.1. The fraction of sp³-hybridized carbons (Fsp3) is 0.125. The van der Waals surface area contributed by atoms with Crippen LogP contribution < -0.4 is 9.64 Å². The van der Waals surface area contributed by atoms with E-state index in [-0.39, 0.29) is 11.3 Å². The number of nitrogens with zero attached hydrogens (tertiary/aromatic N) is 4. The van der Waals surface area contributed by atoms with E-state index in [2.05, 4.69) is 4.98 Å². The maximum atomic E-state index is 13.2. The summed E-state index contributed by atoms with van der Waals surface area (Å²) >= 11 is 0. The van der Waals surface area contributed by atoms with Gasteiger partial charge in [-0.15, -0.1) is 0 Å². The minimum absolute atomic E-state index is 0.240. The summed E-state index contributed by atoms with van der Waals surface area (Å²) in [6.45, 7) is 0. The molecule has 1 amide bonds. The summed E-state index contributed by atoms with van der Waals surface area (Å²) in [6, 6.07) is 14.9. The molecular formula is C24H20N4O6. The second-order valence-electron chi connectivity index (χ2n) is 7.17. The number of phenolic OH excluding ortho intramolecular Hbond substituents is 1. The lowest BCUT2D eigenvalue weighted by molar-refractivity contribution is -0.386. The van der Waals surface area contributed by atoms with Gasteiger partial charge in [-0.05, 0) is 29.7 Å². The summed E-state index contributed by atoms with van der Waals surface area (Å²) in [4.78, 5) is 28.8. The number of aliphatic hydroxyl groups is 1. The third kappa shape index (κ3) is 4.78. The van der Waals surface area contributed by atoms with Crippen LogP contribution in [0.1, 0.15) is 16.7 Å². The van der Waals surface area contributed by atoms with Crippen LogP contribution in [-0.2, 0) is 11.2 Å². The molecule has 0 aliphatic heterocycles. The highest BCUT2D eigenvalue weighted by atomic mass is 16.6. The Bertz CT molecular complexity index is 1310. The number of nitriles is 1. The fourth-order valence-corrected chi connectivity index (χ4v) is 3.33. The highest BCUT2D eigenvalue weighted by molar-refractivity contribution is 6.12. The first kappa shape index (κ1) is 23.7. The third-order valence-corrected chi connectivity index (χ3v) is 5.10. The quantitative estimate of drug-likeness (QED) is 0.178. The van der Waals surface area contributed by atoms with Gasteiger partial charge >= 0.3 is 5.69 Å². The van der Waals surface area contributed by atoms with Gasteiger partial charge in [-0.3, -0.25) is 19.9 Å². The molecule has 0 saturated heterocycles. The number of carbonyl (C=O) groups excluding carboxylic acids is 1. The number of nitro groups is 1. The van der Waals surface area contributed by atoms with Gasteiger partial charge in [0.25, 0.3) is 5.91 Å². The molecule has 10 heteroatoms. The van der Waals surface area contributed by atoms with Crippen LogP contribution in [0.3, 0.4) is 0 Å². The number of benzene rings is 2. The van der Waals surface area contributed by atoms with Gasteiger partial charge in [0, 0.05) is 24.9 Å². The number of ether oxygens (including phenoxy) is 1. The fourth-order valence-electron chi connectivity index (χ4n) is 3.33. The maximum Gasteiger partial charge on any atom is 0.315 e. The van der Waals surface area contributed by atoms with Crippen molar-refractivity contribution in [2.45, 2.75) is 6.42 Å². The summed E-state index contributed by atoms with van der Waals surface area (Å²) in [6.07, 6.45) is 3.55. The van der Waals surface area contributed by atoms with Gasteiger partial charge in [0.1, 0.15) is 11.8 Å². The lowest BCUT2D eigenvalue weighted by Crippen LogP contribution is -2.29. The highest BCUT2D eigenvalue weighted by Gasteiger charge is 2.26. The average molecular weight is 460 g/mol. The molecule has 2 N–H and O–H groups in total. The molecule has 0 spiro atoms. The van der Waals surface area contributed by atoms with E-state index in [4.69, 9.17) is 4.74 Å². The Balaban J connectivity index is 2.03. The molecule has 2 aromatic carbocycles. The largest absolute Gasteiger partial charge is 0.506 e. The van der Waals surface area contributed by atoms with Gasteiger partial charge in [-0.1, -0.05) is 30.3 Å². The van der Waals surface area contributed by atoms with Crippen molar-refractivity contribution in [3.63, 3.8) is 0 Å². The molecule has 3 aromatic rings. The van der Waals surface area contributed by atoms with Crippen molar-refractivity contribution in [1.82, 2.24) is 4.98 Å². The number of methoxy groups -OCH3 is 1. The Hall–Kier alpha value is -4.91. The van der Waals surface area contributed by atoms with Crippen molar-refractivity contribution in [2.75, 3.05) is 19.1 Å². The van der Waals surface area contributed by atoms with E-state index >= 15 is 0 Å². The third-order valence-electron chi connectivity index (χ3n) is 5.10. The molecule has 3 rings (SSSR count). The lowest BCUT2D eigenvalue weighted by atomic mass is 10.0. The van der Waals surface area contributed by atoms with Crippen molar-refractivity contribution in [3.05, 3.63) is 93.3 Å².